The molecule has 33 heavy (non-hydrogen) atoms. The van der Waals surface area contributed by atoms with E-state index in [0.717, 1.165) is 19.3 Å². The summed E-state index contributed by atoms with van der Waals surface area (Å²) in [6, 6.07) is 0.503. The van der Waals surface area contributed by atoms with E-state index < -0.39 is 5.54 Å². The Hall–Kier alpha value is -0.160. The highest BCUT2D eigenvalue weighted by Gasteiger charge is 2.21. The first-order chi connectivity index (χ1) is 16.1. The molecule has 0 atom stereocenters. The Labute approximate surface area is 207 Å². The summed E-state index contributed by atoms with van der Waals surface area (Å²) < 4.78 is 0. The summed E-state index contributed by atoms with van der Waals surface area (Å²) >= 11 is 0. The van der Waals surface area contributed by atoms with Crippen molar-refractivity contribution in [1.82, 2.24) is 0 Å². The van der Waals surface area contributed by atoms with Crippen LogP contribution in [0.2, 0.25) is 0 Å². The van der Waals surface area contributed by atoms with Gasteiger partial charge < -0.3 is 21.7 Å². The van der Waals surface area contributed by atoms with Crippen molar-refractivity contribution in [3.05, 3.63) is 0 Å². The van der Waals surface area contributed by atoms with Crippen LogP contribution in [-0.4, -0.2) is 35.0 Å². The van der Waals surface area contributed by atoms with E-state index in [2.05, 4.69) is 6.92 Å². The van der Waals surface area contributed by atoms with Gasteiger partial charge in [-0.1, -0.05) is 142 Å². The summed E-state index contributed by atoms with van der Waals surface area (Å²) in [5.74, 6) is 0. The van der Waals surface area contributed by atoms with Gasteiger partial charge in [0, 0.05) is 6.04 Å². The lowest BCUT2D eigenvalue weighted by Crippen LogP contribution is -2.47. The van der Waals surface area contributed by atoms with Gasteiger partial charge in [-0.05, 0) is 19.3 Å². The predicted octanol–water partition coefficient (Wildman–Crippen LogP) is 7.38. The van der Waals surface area contributed by atoms with Gasteiger partial charge in [-0.15, -0.1) is 0 Å². The molecule has 1 aliphatic carbocycles. The Morgan fingerprint density at radius 3 is 1.27 bits per heavy atom. The summed E-state index contributed by atoms with van der Waals surface area (Å²) in [4.78, 5) is 0. The third-order valence-corrected chi connectivity index (χ3v) is 7.31. The molecule has 1 rings (SSSR count). The predicted molar refractivity (Wildman–Crippen MR) is 146 cm³/mol. The van der Waals surface area contributed by atoms with Gasteiger partial charge >= 0.3 is 0 Å². The summed E-state index contributed by atoms with van der Waals surface area (Å²) in [5.41, 5.74) is 11.0. The molecule has 4 heteroatoms. The van der Waals surface area contributed by atoms with Gasteiger partial charge in [-0.2, -0.15) is 0 Å². The van der Waals surface area contributed by atoms with Crippen LogP contribution in [0.1, 0.15) is 161 Å². The van der Waals surface area contributed by atoms with Crippen LogP contribution in [-0.2, 0) is 0 Å². The maximum absolute atomic E-state index is 9.09. The highest BCUT2D eigenvalue weighted by atomic mass is 16.3. The standard InChI is InChI=1S/C18H39NO2.C11H23N/c1-2-3-4-5-6-7-8-9-10-11-12-13-14-15-18(19,16-20)17-21;12-11-9-7-5-3-1-2-4-6-8-10-11/h20-21H,2-17,19H2,1H3;11H,1-10,12H2. The summed E-state index contributed by atoms with van der Waals surface area (Å²) in [6.45, 7) is 2.02. The summed E-state index contributed by atoms with van der Waals surface area (Å²) in [6.07, 6.45) is 31.8. The van der Waals surface area contributed by atoms with Crippen molar-refractivity contribution in [2.24, 2.45) is 11.5 Å². The smallest absolute Gasteiger partial charge is 0.0633 e. The molecule has 0 aromatic heterocycles. The fourth-order valence-corrected chi connectivity index (χ4v) is 4.72. The molecule has 0 aromatic carbocycles. The number of nitrogens with two attached hydrogens (primary N) is 2. The lowest BCUT2D eigenvalue weighted by molar-refractivity contribution is 0.112. The minimum absolute atomic E-state index is 0.123. The van der Waals surface area contributed by atoms with Gasteiger partial charge in [0.05, 0.1) is 18.8 Å². The number of aliphatic hydroxyl groups is 2. The molecule has 0 heterocycles. The molecule has 0 saturated heterocycles. The zero-order valence-corrected chi connectivity index (χ0v) is 22.5. The first-order valence-corrected chi connectivity index (χ1v) is 14.8. The summed E-state index contributed by atoms with van der Waals surface area (Å²) in [7, 11) is 0. The van der Waals surface area contributed by atoms with Gasteiger partial charge in [-0.25, -0.2) is 0 Å². The maximum atomic E-state index is 9.09. The Kier molecular flexibility index (Phi) is 24.8. The van der Waals surface area contributed by atoms with E-state index in [1.165, 1.54) is 135 Å². The molecule has 0 unspecified atom stereocenters. The summed E-state index contributed by atoms with van der Waals surface area (Å²) in [5, 5.41) is 18.2. The third-order valence-electron chi connectivity index (χ3n) is 7.31. The van der Waals surface area contributed by atoms with Gasteiger partial charge in [0.25, 0.3) is 0 Å². The second-order valence-corrected chi connectivity index (χ2v) is 10.8. The molecule has 1 fully saturated rings. The van der Waals surface area contributed by atoms with Crippen LogP contribution >= 0.6 is 0 Å². The highest BCUT2D eigenvalue weighted by molar-refractivity contribution is 4.81. The SMILES string of the molecule is CCCCCCCCCCCCCCCC(N)(CO)CO.NC1CCCCCCCCCC1. The zero-order valence-electron chi connectivity index (χ0n) is 22.5. The molecule has 6 N–H and O–H groups in total. The van der Waals surface area contributed by atoms with E-state index in [4.69, 9.17) is 21.7 Å². The van der Waals surface area contributed by atoms with Gasteiger partial charge in [0.1, 0.15) is 0 Å². The average Bonchev–Trinajstić information content (AvgIpc) is 2.88. The largest absolute Gasteiger partial charge is 0.394 e. The fraction of sp³-hybridized carbons (Fsp3) is 1.00. The topological polar surface area (TPSA) is 92.5 Å². The molecule has 200 valence electrons. The molecule has 1 aliphatic rings. The number of hydrogen-bond acceptors (Lipinski definition) is 4. The molecular weight excluding hydrogens is 408 g/mol. The van der Waals surface area contributed by atoms with Crippen LogP contribution in [0.3, 0.4) is 0 Å². The maximum Gasteiger partial charge on any atom is 0.0633 e. The van der Waals surface area contributed by atoms with Crippen LogP contribution in [0.15, 0.2) is 0 Å². The molecule has 0 spiro atoms. The zero-order chi connectivity index (χ0) is 24.5. The molecule has 0 aliphatic heterocycles. The number of rotatable bonds is 16. The number of hydrogen-bond donors (Lipinski definition) is 4. The van der Waals surface area contributed by atoms with Crippen molar-refractivity contribution >= 4 is 0 Å². The lowest BCUT2D eigenvalue weighted by atomic mass is 9.94. The van der Waals surface area contributed by atoms with E-state index >= 15 is 0 Å². The number of unbranched alkanes of at least 4 members (excludes halogenated alkanes) is 12. The Bertz CT molecular complexity index is 363. The molecule has 0 amide bonds. The van der Waals surface area contributed by atoms with Crippen LogP contribution in [0, 0.1) is 0 Å². The first kappa shape index (κ1) is 32.8. The van der Waals surface area contributed by atoms with E-state index in [1.54, 1.807) is 0 Å². The fourth-order valence-electron chi connectivity index (χ4n) is 4.72. The molecule has 1 saturated carbocycles. The van der Waals surface area contributed by atoms with Crippen molar-refractivity contribution < 1.29 is 10.2 Å². The van der Waals surface area contributed by atoms with E-state index in [0.29, 0.717) is 6.04 Å². The minimum Gasteiger partial charge on any atom is -0.394 e. The first-order valence-electron chi connectivity index (χ1n) is 14.8. The Balaban J connectivity index is 0.000000716. The van der Waals surface area contributed by atoms with Crippen LogP contribution in [0.25, 0.3) is 0 Å². The van der Waals surface area contributed by atoms with Crippen LogP contribution in [0.5, 0.6) is 0 Å². The van der Waals surface area contributed by atoms with E-state index in [1.807, 2.05) is 0 Å². The van der Waals surface area contributed by atoms with Crippen molar-refractivity contribution in [1.29, 1.82) is 0 Å². The molecule has 0 aromatic rings. The van der Waals surface area contributed by atoms with Gasteiger partial charge in [-0.3, -0.25) is 0 Å². The normalized spacial score (nSPS) is 16.6. The lowest BCUT2D eigenvalue weighted by Gasteiger charge is -2.24. The van der Waals surface area contributed by atoms with Crippen LogP contribution in [0.4, 0.5) is 0 Å². The van der Waals surface area contributed by atoms with Crippen molar-refractivity contribution in [3.63, 3.8) is 0 Å². The molecule has 4 nitrogen and oxygen atoms in total. The second kappa shape index (κ2) is 24.9. The minimum atomic E-state index is -0.766. The van der Waals surface area contributed by atoms with Crippen molar-refractivity contribution in [2.75, 3.05) is 13.2 Å². The Morgan fingerprint density at radius 2 is 0.909 bits per heavy atom. The monoisotopic (exact) mass is 470 g/mol. The van der Waals surface area contributed by atoms with Crippen LogP contribution < -0.4 is 11.5 Å². The van der Waals surface area contributed by atoms with Crippen molar-refractivity contribution in [3.8, 4) is 0 Å². The number of aliphatic hydroxyl groups excluding tert-OH is 2. The van der Waals surface area contributed by atoms with Gasteiger partial charge in [0.2, 0.25) is 0 Å². The molecule has 0 bridgehead atoms. The van der Waals surface area contributed by atoms with Crippen molar-refractivity contribution in [2.45, 2.75) is 173 Å². The second-order valence-electron chi connectivity index (χ2n) is 10.8. The molecule has 0 radical (unpaired) electrons. The molecular formula is C29H62N2O2. The quantitative estimate of drug-likeness (QED) is 0.177. The van der Waals surface area contributed by atoms with Gasteiger partial charge in [0.15, 0.2) is 0 Å². The third kappa shape index (κ3) is 23.4. The van der Waals surface area contributed by atoms with E-state index in [9.17, 15) is 0 Å². The average molecular weight is 471 g/mol. The Morgan fingerprint density at radius 1 is 0.576 bits per heavy atom. The highest BCUT2D eigenvalue weighted by Crippen LogP contribution is 2.16. The van der Waals surface area contributed by atoms with E-state index in [-0.39, 0.29) is 13.2 Å².